The van der Waals surface area contributed by atoms with Gasteiger partial charge < -0.3 is 15.3 Å². The maximum atomic E-state index is 11.2. The zero-order chi connectivity index (χ0) is 12.8. The number of amides is 1. The minimum absolute atomic E-state index is 0.0183. The highest BCUT2D eigenvalue weighted by Crippen LogP contribution is 2.06. The van der Waals surface area contributed by atoms with Crippen LogP contribution < -0.4 is 10.2 Å². The Morgan fingerprint density at radius 2 is 2.00 bits per heavy atom. The van der Waals surface area contributed by atoms with E-state index in [1.54, 1.807) is 11.9 Å². The summed E-state index contributed by atoms with van der Waals surface area (Å²) in [5.74, 6) is -0.898. The van der Waals surface area contributed by atoms with E-state index in [1.165, 1.54) is 12.4 Å². The zero-order valence-electron chi connectivity index (χ0n) is 9.67. The Hall–Kier alpha value is -2.18. The number of hydrogen-bond donors (Lipinski definition) is 2. The third kappa shape index (κ3) is 3.40. The molecule has 1 rings (SSSR count). The lowest BCUT2D eigenvalue weighted by Crippen LogP contribution is -2.36. The summed E-state index contributed by atoms with van der Waals surface area (Å²) in [5.41, 5.74) is 0.0183. The summed E-state index contributed by atoms with van der Waals surface area (Å²) in [6.45, 7) is 2.55. The van der Waals surface area contributed by atoms with Gasteiger partial charge in [-0.3, -0.25) is 4.79 Å². The third-order valence-corrected chi connectivity index (χ3v) is 2.16. The Balaban J connectivity index is 2.82. The average Bonchev–Trinajstić information content (AvgIpc) is 2.35. The molecule has 1 aromatic rings. The lowest BCUT2D eigenvalue weighted by Gasteiger charge is -2.19. The maximum absolute atomic E-state index is 11.2. The first-order valence-corrected chi connectivity index (χ1v) is 5.09. The van der Waals surface area contributed by atoms with Gasteiger partial charge in [-0.05, 0) is 6.92 Å². The van der Waals surface area contributed by atoms with E-state index >= 15 is 0 Å². The van der Waals surface area contributed by atoms with Gasteiger partial charge in [0.25, 0.3) is 0 Å². The molecule has 0 radical (unpaired) electrons. The van der Waals surface area contributed by atoms with Gasteiger partial charge in [0.15, 0.2) is 0 Å². The smallest absolute Gasteiger partial charge is 0.338 e. The van der Waals surface area contributed by atoms with Crippen molar-refractivity contribution in [2.45, 2.75) is 6.92 Å². The quantitative estimate of drug-likeness (QED) is 0.734. The number of carboxylic acids is 1. The second-order valence-electron chi connectivity index (χ2n) is 3.26. The first-order valence-electron chi connectivity index (χ1n) is 5.09. The van der Waals surface area contributed by atoms with Crippen molar-refractivity contribution in [1.82, 2.24) is 15.3 Å². The van der Waals surface area contributed by atoms with Crippen LogP contribution in [0.15, 0.2) is 12.4 Å². The summed E-state index contributed by atoms with van der Waals surface area (Å²) in [5, 5.41) is 11.2. The number of likely N-dealkylation sites (N-methyl/N-ethyl adjacent to an activating group) is 2. The van der Waals surface area contributed by atoms with Crippen LogP contribution in [-0.4, -0.2) is 47.1 Å². The van der Waals surface area contributed by atoms with Crippen molar-refractivity contribution in [3.8, 4) is 0 Å². The first kappa shape index (κ1) is 12.9. The number of carbonyl (C=O) groups is 2. The van der Waals surface area contributed by atoms with Crippen LogP contribution in [0.1, 0.15) is 17.3 Å². The Morgan fingerprint density at radius 3 is 2.41 bits per heavy atom. The number of carboxylic acid groups (broad SMARTS) is 1. The molecule has 0 aliphatic rings. The van der Waals surface area contributed by atoms with Gasteiger partial charge in [0.05, 0.1) is 12.1 Å². The molecule has 1 aromatic heterocycles. The fourth-order valence-electron chi connectivity index (χ4n) is 1.17. The van der Waals surface area contributed by atoms with Crippen molar-refractivity contribution in [2.24, 2.45) is 0 Å². The van der Waals surface area contributed by atoms with E-state index in [2.05, 4.69) is 15.3 Å². The molecule has 7 nitrogen and oxygen atoms in total. The largest absolute Gasteiger partial charge is 0.478 e. The Morgan fingerprint density at radius 1 is 1.41 bits per heavy atom. The topological polar surface area (TPSA) is 95.4 Å². The molecule has 1 heterocycles. The van der Waals surface area contributed by atoms with Crippen LogP contribution in [0, 0.1) is 0 Å². The number of hydrogen-bond acceptors (Lipinski definition) is 5. The van der Waals surface area contributed by atoms with Crippen molar-refractivity contribution in [3.05, 3.63) is 18.0 Å². The summed E-state index contributed by atoms with van der Waals surface area (Å²) in [6, 6.07) is 0. The SMILES string of the molecule is CCN(CC(=O)NC)c1ncc(C(=O)O)cn1. The molecule has 2 N–H and O–H groups in total. The maximum Gasteiger partial charge on any atom is 0.338 e. The molecule has 0 aliphatic heterocycles. The molecular formula is C10H14N4O3. The summed E-state index contributed by atoms with van der Waals surface area (Å²) in [4.78, 5) is 31.3. The van der Waals surface area contributed by atoms with Gasteiger partial charge in [-0.2, -0.15) is 0 Å². The summed E-state index contributed by atoms with van der Waals surface area (Å²) < 4.78 is 0. The minimum Gasteiger partial charge on any atom is -0.478 e. The summed E-state index contributed by atoms with van der Waals surface area (Å²) in [6.07, 6.45) is 2.44. The first-order chi connectivity index (χ1) is 8.08. The highest BCUT2D eigenvalue weighted by Gasteiger charge is 2.12. The van der Waals surface area contributed by atoms with Crippen LogP contribution >= 0.6 is 0 Å². The normalized spacial score (nSPS) is 9.76. The molecule has 0 bridgehead atoms. The van der Waals surface area contributed by atoms with Crippen molar-refractivity contribution < 1.29 is 14.7 Å². The van der Waals surface area contributed by atoms with Gasteiger partial charge in [-0.25, -0.2) is 14.8 Å². The van der Waals surface area contributed by atoms with E-state index < -0.39 is 5.97 Å². The van der Waals surface area contributed by atoms with Crippen LogP contribution in [0.4, 0.5) is 5.95 Å². The van der Waals surface area contributed by atoms with E-state index in [0.717, 1.165) is 0 Å². The molecule has 7 heteroatoms. The fraction of sp³-hybridized carbons (Fsp3) is 0.400. The molecule has 1 amide bonds. The highest BCUT2D eigenvalue weighted by molar-refractivity contribution is 5.87. The number of nitrogens with zero attached hydrogens (tertiary/aromatic N) is 3. The molecule has 0 aliphatic carbocycles. The molecule has 0 unspecified atom stereocenters. The van der Waals surface area contributed by atoms with Crippen LogP contribution in [0.2, 0.25) is 0 Å². The standard InChI is InChI=1S/C10H14N4O3/c1-3-14(6-8(15)11-2)10-12-4-7(5-13-10)9(16)17/h4-5H,3,6H2,1-2H3,(H,11,15)(H,16,17). The molecule has 0 saturated heterocycles. The second-order valence-corrected chi connectivity index (χ2v) is 3.26. The average molecular weight is 238 g/mol. The monoisotopic (exact) mass is 238 g/mol. The van der Waals surface area contributed by atoms with Gasteiger partial charge in [0.2, 0.25) is 11.9 Å². The molecule has 0 atom stereocenters. The molecule has 92 valence electrons. The second kappa shape index (κ2) is 5.78. The highest BCUT2D eigenvalue weighted by atomic mass is 16.4. The van der Waals surface area contributed by atoms with Gasteiger partial charge in [0.1, 0.15) is 0 Å². The molecular weight excluding hydrogens is 224 g/mol. The number of rotatable bonds is 5. The Bertz CT molecular complexity index is 405. The van der Waals surface area contributed by atoms with Crippen LogP contribution in [0.5, 0.6) is 0 Å². The van der Waals surface area contributed by atoms with Crippen molar-refractivity contribution >= 4 is 17.8 Å². The lowest BCUT2D eigenvalue weighted by molar-refractivity contribution is -0.119. The molecule has 0 aromatic carbocycles. The molecule has 0 saturated carbocycles. The van der Waals surface area contributed by atoms with E-state index in [0.29, 0.717) is 12.5 Å². The van der Waals surface area contributed by atoms with E-state index in [-0.39, 0.29) is 18.0 Å². The third-order valence-electron chi connectivity index (χ3n) is 2.16. The fourth-order valence-corrected chi connectivity index (χ4v) is 1.17. The summed E-state index contributed by atoms with van der Waals surface area (Å²) in [7, 11) is 1.55. The van der Waals surface area contributed by atoms with Crippen LogP contribution in [0.3, 0.4) is 0 Å². The van der Waals surface area contributed by atoms with Crippen molar-refractivity contribution in [2.75, 3.05) is 25.0 Å². The van der Waals surface area contributed by atoms with Gasteiger partial charge in [0, 0.05) is 26.0 Å². The predicted octanol–water partition coefficient (Wildman–Crippen LogP) is -0.253. The predicted molar refractivity (Wildman–Crippen MR) is 60.9 cm³/mol. The minimum atomic E-state index is -1.08. The molecule has 17 heavy (non-hydrogen) atoms. The summed E-state index contributed by atoms with van der Waals surface area (Å²) >= 11 is 0. The Labute approximate surface area is 98.5 Å². The number of carbonyl (C=O) groups excluding carboxylic acids is 1. The Kier molecular flexibility index (Phi) is 4.38. The van der Waals surface area contributed by atoms with Crippen molar-refractivity contribution in [1.29, 1.82) is 0 Å². The number of aromatic nitrogens is 2. The number of aromatic carboxylic acids is 1. The number of anilines is 1. The number of nitrogens with one attached hydrogen (secondary N) is 1. The lowest BCUT2D eigenvalue weighted by atomic mass is 10.3. The van der Waals surface area contributed by atoms with Crippen LogP contribution in [0.25, 0.3) is 0 Å². The van der Waals surface area contributed by atoms with E-state index in [4.69, 9.17) is 5.11 Å². The van der Waals surface area contributed by atoms with Gasteiger partial charge in [-0.15, -0.1) is 0 Å². The zero-order valence-corrected chi connectivity index (χ0v) is 9.67. The molecule has 0 fully saturated rings. The van der Waals surface area contributed by atoms with Gasteiger partial charge >= 0.3 is 5.97 Å². The van der Waals surface area contributed by atoms with E-state index in [1.807, 2.05) is 6.92 Å². The van der Waals surface area contributed by atoms with Crippen LogP contribution in [-0.2, 0) is 4.79 Å². The van der Waals surface area contributed by atoms with Gasteiger partial charge in [-0.1, -0.05) is 0 Å². The van der Waals surface area contributed by atoms with E-state index in [9.17, 15) is 9.59 Å². The molecule has 0 spiro atoms. The van der Waals surface area contributed by atoms with Crippen molar-refractivity contribution in [3.63, 3.8) is 0 Å².